The molecule has 5 N–H and O–H groups in total. The Balaban J connectivity index is 1.46. The summed E-state index contributed by atoms with van der Waals surface area (Å²) < 4.78 is 4.80. The van der Waals surface area contributed by atoms with Gasteiger partial charge >= 0.3 is 6.09 Å². The first-order valence-electron chi connectivity index (χ1n) is 18.0. The molecule has 3 fully saturated rings. The van der Waals surface area contributed by atoms with E-state index in [4.69, 9.17) is 15.5 Å². The molecule has 51 heavy (non-hydrogen) atoms. The van der Waals surface area contributed by atoms with Crippen LogP contribution in [-0.2, 0) is 9.53 Å². The van der Waals surface area contributed by atoms with E-state index in [0.717, 1.165) is 68.9 Å². The van der Waals surface area contributed by atoms with Crippen LogP contribution in [0.2, 0.25) is 0 Å². The van der Waals surface area contributed by atoms with Crippen LogP contribution in [0.15, 0.2) is 41.5 Å². The molecule has 4 atom stereocenters. The number of methoxy groups -OCH3 is 1. The van der Waals surface area contributed by atoms with Crippen molar-refractivity contribution in [1.29, 1.82) is 0 Å². The Kier molecular flexibility index (Phi) is 12.5. The van der Waals surface area contributed by atoms with Gasteiger partial charge in [0.1, 0.15) is 28.9 Å². The highest BCUT2D eigenvalue weighted by Gasteiger charge is 2.38. The van der Waals surface area contributed by atoms with Gasteiger partial charge < -0.3 is 40.8 Å². The van der Waals surface area contributed by atoms with Crippen LogP contribution in [0, 0.1) is 29.6 Å². The number of carbonyl (C=O) groups is 2. The number of ether oxygens (including phenoxy) is 1. The minimum atomic E-state index is -1.09. The van der Waals surface area contributed by atoms with Gasteiger partial charge in [0.05, 0.1) is 25.4 Å². The molecular weight excluding hydrogens is 642 g/mol. The van der Waals surface area contributed by atoms with Crippen LogP contribution >= 0.6 is 0 Å². The molecule has 1 aromatic heterocycles. The lowest BCUT2D eigenvalue weighted by Gasteiger charge is -2.34. The van der Waals surface area contributed by atoms with Gasteiger partial charge in [-0.3, -0.25) is 4.79 Å². The number of nitrogens with zero attached hydrogens (tertiary/aromatic N) is 5. The number of allylic oxidation sites excluding steroid dienone is 1. The predicted octanol–water partition coefficient (Wildman–Crippen LogP) is 3.53. The largest absolute Gasteiger partial charge is 0.453 e. The fourth-order valence-corrected chi connectivity index (χ4v) is 7.10. The zero-order valence-corrected chi connectivity index (χ0v) is 30.9. The third-order valence-electron chi connectivity index (χ3n) is 10.0. The van der Waals surface area contributed by atoms with E-state index in [1.165, 1.54) is 12.8 Å². The van der Waals surface area contributed by atoms with Crippen molar-refractivity contribution in [3.05, 3.63) is 53.6 Å². The first-order valence-corrected chi connectivity index (χ1v) is 18.0. The Morgan fingerprint density at radius 3 is 2.51 bits per heavy atom. The van der Waals surface area contributed by atoms with Crippen LogP contribution in [-0.4, -0.2) is 109 Å². The number of anilines is 1. The number of carbonyl (C=O) groups excluding carboxylic acids is 2. The maximum absolute atomic E-state index is 13.8. The highest BCUT2D eigenvalue weighted by atomic mass is 16.5. The molecule has 0 radical (unpaired) electrons. The molecule has 3 aliphatic heterocycles. The number of amides is 2. The summed E-state index contributed by atoms with van der Waals surface area (Å²) in [6.07, 6.45) is 6.69. The molecule has 4 heterocycles. The van der Waals surface area contributed by atoms with Gasteiger partial charge in [0, 0.05) is 38.4 Å². The Bertz CT molecular complexity index is 1710. The number of hydrogen-bond acceptors (Lipinski definition) is 8. The monoisotopic (exact) mass is 695 g/mol. The minimum absolute atomic E-state index is 0.158. The number of benzene rings is 1. The quantitative estimate of drug-likeness (QED) is 0.177. The van der Waals surface area contributed by atoms with Gasteiger partial charge in [-0.1, -0.05) is 38.0 Å². The third kappa shape index (κ3) is 9.12. The van der Waals surface area contributed by atoms with E-state index in [0.29, 0.717) is 24.5 Å². The summed E-state index contributed by atoms with van der Waals surface area (Å²) in [7, 11) is 3.44. The van der Waals surface area contributed by atoms with Crippen LogP contribution in [0.3, 0.4) is 0 Å². The van der Waals surface area contributed by atoms with E-state index >= 15 is 0 Å². The number of amidine groups is 1. The molecule has 12 nitrogen and oxygen atoms in total. The average molecular weight is 696 g/mol. The number of aromatic nitrogens is 2. The standard InChI is InChI=1S/C39H53N9O3/c1-7-31(28-15-17-30(18-16-28)47-24-22-46(5)23-25-47)39(4,19-9-8-12-29-26-42-36(43-29)32-13-10-20-41-32)45-35(40)33-14-11-21-48(33)37(49)34(27(2)3)44-38(50)51-6/h7,15-18,26-27,32-34,41H,10-11,13-14,20-25H2,1-6H3,(H2,40,45)(H,42,43)(H,44,50)/b31-7-/t32-,33-,34-,39?/m0/s1. The lowest BCUT2D eigenvalue weighted by molar-refractivity contribution is -0.134. The molecule has 1 unspecified atom stereocenters. The number of hydrogen-bond donors (Lipinski definition) is 4. The van der Waals surface area contributed by atoms with Crippen molar-refractivity contribution in [1.82, 2.24) is 30.4 Å². The van der Waals surface area contributed by atoms with E-state index in [1.807, 2.05) is 33.8 Å². The highest BCUT2D eigenvalue weighted by molar-refractivity contribution is 5.95. The maximum atomic E-state index is 13.8. The van der Waals surface area contributed by atoms with Gasteiger partial charge in [0.15, 0.2) is 0 Å². The van der Waals surface area contributed by atoms with E-state index in [9.17, 15) is 9.59 Å². The number of aliphatic imine (C=N–C) groups is 1. The first kappa shape index (κ1) is 37.5. The molecule has 1 aromatic carbocycles. The zero-order valence-electron chi connectivity index (χ0n) is 30.9. The van der Waals surface area contributed by atoms with Crippen molar-refractivity contribution in [2.24, 2.45) is 16.6 Å². The summed E-state index contributed by atoms with van der Waals surface area (Å²) in [4.78, 5) is 45.3. The normalized spacial score (nSPS) is 21.7. The minimum Gasteiger partial charge on any atom is -0.453 e. The van der Waals surface area contributed by atoms with Gasteiger partial charge in [-0.2, -0.15) is 0 Å². The number of piperazine rings is 1. The number of rotatable bonds is 9. The number of nitrogens with one attached hydrogen (secondary N) is 3. The number of likely N-dealkylation sites (N-methyl/N-ethyl adjacent to an activating group) is 1. The Labute approximate surface area is 302 Å². The Hall–Kier alpha value is -4.78. The third-order valence-corrected chi connectivity index (χ3v) is 10.0. The van der Waals surface area contributed by atoms with Crippen molar-refractivity contribution < 1.29 is 14.3 Å². The van der Waals surface area contributed by atoms with Crippen molar-refractivity contribution in [3.8, 4) is 23.7 Å². The van der Waals surface area contributed by atoms with E-state index in [1.54, 1.807) is 11.1 Å². The van der Waals surface area contributed by atoms with Crippen LogP contribution in [0.1, 0.15) is 76.5 Å². The molecule has 3 aliphatic rings. The average Bonchev–Trinajstić information content (AvgIpc) is 3.92. The molecule has 0 bridgehead atoms. The summed E-state index contributed by atoms with van der Waals surface area (Å²) in [5.41, 5.74) is 9.48. The summed E-state index contributed by atoms with van der Waals surface area (Å²) in [5.74, 6) is 13.3. The number of alkyl carbamates (subject to hydrolysis) is 1. The second kappa shape index (κ2) is 17.0. The molecule has 2 amide bonds. The van der Waals surface area contributed by atoms with E-state index in [2.05, 4.69) is 85.4 Å². The van der Waals surface area contributed by atoms with Crippen LogP contribution in [0.25, 0.3) is 5.57 Å². The number of imidazole rings is 1. The van der Waals surface area contributed by atoms with Gasteiger partial charge in [0.25, 0.3) is 0 Å². The van der Waals surface area contributed by atoms with Gasteiger partial charge in [-0.05, 0) is 100 Å². The second-order valence-corrected chi connectivity index (χ2v) is 14.0. The van der Waals surface area contributed by atoms with Crippen LogP contribution in [0.5, 0.6) is 0 Å². The van der Waals surface area contributed by atoms with E-state index < -0.39 is 23.7 Å². The number of nitrogens with two attached hydrogens (primary N) is 1. The fraction of sp³-hybridized carbons (Fsp3) is 0.538. The Morgan fingerprint density at radius 2 is 1.86 bits per heavy atom. The molecular formula is C39H53N9O3. The molecule has 5 rings (SSSR count). The summed E-state index contributed by atoms with van der Waals surface area (Å²) in [6, 6.07) is 7.54. The maximum Gasteiger partial charge on any atom is 0.407 e. The van der Waals surface area contributed by atoms with E-state index in [-0.39, 0.29) is 17.9 Å². The molecule has 0 saturated carbocycles. The van der Waals surface area contributed by atoms with Crippen LogP contribution < -0.4 is 21.3 Å². The molecule has 12 heteroatoms. The molecule has 0 spiro atoms. The molecule has 3 saturated heterocycles. The summed E-state index contributed by atoms with van der Waals surface area (Å²) >= 11 is 0. The molecule has 0 aliphatic carbocycles. The van der Waals surface area contributed by atoms with Crippen molar-refractivity contribution >= 4 is 29.1 Å². The number of H-pyrrole nitrogens is 1. The summed E-state index contributed by atoms with van der Waals surface area (Å²) in [5, 5.41) is 6.15. The smallest absolute Gasteiger partial charge is 0.407 e. The van der Waals surface area contributed by atoms with Crippen molar-refractivity contribution in [2.75, 3.05) is 58.3 Å². The lowest BCUT2D eigenvalue weighted by atomic mass is 9.86. The number of aromatic amines is 1. The fourth-order valence-electron chi connectivity index (χ4n) is 7.10. The Morgan fingerprint density at radius 1 is 1.12 bits per heavy atom. The topological polar surface area (TPSA) is 144 Å². The van der Waals surface area contributed by atoms with Crippen LogP contribution in [0.4, 0.5) is 10.5 Å². The first-order chi connectivity index (χ1) is 24.5. The second-order valence-electron chi connectivity index (χ2n) is 14.0. The SMILES string of the molecule is C/C=C(/c1ccc(N2CCN(C)CC2)cc1)C(C)(C#CC#Cc1cnc([C@@H]2CCCN2)[nH]1)N=C(N)[C@@H]1CCCN1C(=O)[C@@H](NC(=O)OC)C(C)C. The van der Waals surface area contributed by atoms with Gasteiger partial charge in [0.2, 0.25) is 5.91 Å². The number of likely N-dealkylation sites (tertiary alicyclic amines) is 1. The molecule has 272 valence electrons. The van der Waals surface area contributed by atoms with Gasteiger partial charge in [-0.15, -0.1) is 0 Å². The predicted molar refractivity (Wildman–Crippen MR) is 202 cm³/mol. The highest BCUT2D eigenvalue weighted by Crippen LogP contribution is 2.33. The van der Waals surface area contributed by atoms with Crippen molar-refractivity contribution in [2.45, 2.75) is 77.0 Å². The molecule has 2 aromatic rings. The van der Waals surface area contributed by atoms with Crippen molar-refractivity contribution in [3.63, 3.8) is 0 Å². The zero-order chi connectivity index (χ0) is 36.5. The van der Waals surface area contributed by atoms with Gasteiger partial charge in [-0.25, -0.2) is 14.8 Å². The summed E-state index contributed by atoms with van der Waals surface area (Å²) in [6.45, 7) is 13.2. The lowest BCUT2D eigenvalue weighted by Crippen LogP contribution is -2.55.